The topological polar surface area (TPSA) is 76.5 Å². The van der Waals surface area contributed by atoms with Crippen LogP contribution in [0.15, 0.2) is 53.3 Å². The highest BCUT2D eigenvalue weighted by Gasteiger charge is 2.21. The average Bonchev–Trinajstić information content (AvgIpc) is 2.87. The number of hydrogen-bond acceptors (Lipinski definition) is 5. The van der Waals surface area contributed by atoms with E-state index in [2.05, 4.69) is 22.2 Å². The van der Waals surface area contributed by atoms with E-state index in [9.17, 15) is 9.59 Å². The molecule has 1 aliphatic heterocycles. The van der Waals surface area contributed by atoms with Crippen LogP contribution in [0, 0.1) is 0 Å². The molecule has 0 aliphatic carbocycles. The Hall–Kier alpha value is -3.19. The Morgan fingerprint density at radius 1 is 1.12 bits per heavy atom. The molecule has 1 atom stereocenters. The summed E-state index contributed by atoms with van der Waals surface area (Å²) in [5, 5.41) is 8.49. The van der Waals surface area contributed by atoms with Gasteiger partial charge in [-0.25, -0.2) is 0 Å². The number of carbonyl (C=O) groups excluding carboxylic acids is 1. The summed E-state index contributed by atoms with van der Waals surface area (Å²) in [5.74, 6) is 0.237. The molecule has 0 saturated carbocycles. The van der Waals surface area contributed by atoms with Crippen molar-refractivity contribution in [2.45, 2.75) is 45.1 Å². The molecule has 1 aromatic heterocycles. The Labute approximate surface area is 194 Å². The fourth-order valence-electron chi connectivity index (χ4n) is 4.71. The van der Waals surface area contributed by atoms with Gasteiger partial charge in [0.15, 0.2) is 5.69 Å². The number of piperidine rings is 1. The normalized spacial score (nSPS) is 16.6. The number of nitrogens with one attached hydrogen (secondary N) is 1. The van der Waals surface area contributed by atoms with E-state index < -0.39 is 0 Å². The summed E-state index contributed by atoms with van der Waals surface area (Å²) >= 11 is 0. The van der Waals surface area contributed by atoms with Crippen molar-refractivity contribution in [1.29, 1.82) is 0 Å². The third-order valence-corrected chi connectivity index (χ3v) is 6.46. The van der Waals surface area contributed by atoms with Crippen LogP contribution in [0.25, 0.3) is 16.5 Å². The number of fused-ring (bicyclic) bond motifs is 1. The molecule has 0 bridgehead atoms. The number of para-hydroxylation sites is 2. The molecule has 1 aliphatic rings. The van der Waals surface area contributed by atoms with E-state index in [-0.39, 0.29) is 17.2 Å². The number of likely N-dealkylation sites (tertiary alicyclic amines) is 1. The van der Waals surface area contributed by atoms with Gasteiger partial charge in [-0.2, -0.15) is 9.78 Å². The van der Waals surface area contributed by atoms with Crippen molar-refractivity contribution >= 4 is 16.7 Å². The second kappa shape index (κ2) is 10.6. The largest absolute Gasteiger partial charge is 0.494 e. The van der Waals surface area contributed by atoms with E-state index >= 15 is 0 Å². The molecule has 33 heavy (non-hydrogen) atoms. The van der Waals surface area contributed by atoms with Gasteiger partial charge >= 0.3 is 0 Å². The fourth-order valence-corrected chi connectivity index (χ4v) is 4.71. The minimum atomic E-state index is -0.289. The smallest absolute Gasteiger partial charge is 0.279 e. The van der Waals surface area contributed by atoms with Gasteiger partial charge in [-0.05, 0) is 50.4 Å². The van der Waals surface area contributed by atoms with E-state index in [1.54, 1.807) is 37.4 Å². The molecule has 0 spiro atoms. The predicted molar refractivity (Wildman–Crippen MR) is 130 cm³/mol. The molecule has 174 valence electrons. The Morgan fingerprint density at radius 2 is 1.88 bits per heavy atom. The summed E-state index contributed by atoms with van der Waals surface area (Å²) in [6.07, 6.45) is 5.89. The summed E-state index contributed by atoms with van der Waals surface area (Å²) in [6, 6.07) is 14.9. The lowest BCUT2D eigenvalue weighted by Gasteiger charge is -2.35. The molecule has 2 heterocycles. The Morgan fingerprint density at radius 3 is 2.67 bits per heavy atom. The molecule has 0 unspecified atom stereocenters. The van der Waals surface area contributed by atoms with Crippen LogP contribution in [0.5, 0.6) is 5.75 Å². The predicted octanol–water partition coefficient (Wildman–Crippen LogP) is 3.78. The number of ether oxygens (including phenoxy) is 1. The van der Waals surface area contributed by atoms with E-state index in [1.165, 1.54) is 30.4 Å². The first-order valence-electron chi connectivity index (χ1n) is 11.8. The molecule has 7 heteroatoms. The first-order chi connectivity index (χ1) is 16.1. The number of hydrogen-bond donors (Lipinski definition) is 1. The lowest BCUT2D eigenvalue weighted by atomic mass is 10.00. The SMILES string of the molecule is CC[C@H]1CCCCN1CCCNC(=O)c1nn(-c2ccccc2OC)c(=O)c2ccccc12. The summed E-state index contributed by atoms with van der Waals surface area (Å²) in [4.78, 5) is 28.9. The van der Waals surface area contributed by atoms with Gasteiger partial charge in [0, 0.05) is 24.5 Å². The van der Waals surface area contributed by atoms with E-state index in [1.807, 2.05) is 18.2 Å². The Bertz CT molecular complexity index is 1170. The molecule has 4 rings (SSSR count). The van der Waals surface area contributed by atoms with Gasteiger partial charge in [-0.15, -0.1) is 0 Å². The van der Waals surface area contributed by atoms with Gasteiger partial charge in [0.1, 0.15) is 11.4 Å². The molecule has 2 aromatic carbocycles. The van der Waals surface area contributed by atoms with Crippen LogP contribution >= 0.6 is 0 Å². The van der Waals surface area contributed by atoms with Crippen molar-refractivity contribution in [1.82, 2.24) is 20.0 Å². The average molecular weight is 449 g/mol. The first kappa shape index (κ1) is 23.0. The zero-order chi connectivity index (χ0) is 23.2. The second-order valence-electron chi connectivity index (χ2n) is 8.49. The molecule has 1 amide bonds. The number of rotatable bonds is 8. The quantitative estimate of drug-likeness (QED) is 0.531. The van der Waals surface area contributed by atoms with E-state index in [0.29, 0.717) is 34.8 Å². The molecule has 1 saturated heterocycles. The van der Waals surface area contributed by atoms with Crippen molar-refractivity contribution in [3.63, 3.8) is 0 Å². The summed E-state index contributed by atoms with van der Waals surface area (Å²) < 4.78 is 6.68. The summed E-state index contributed by atoms with van der Waals surface area (Å²) in [7, 11) is 1.55. The van der Waals surface area contributed by atoms with Gasteiger partial charge in [0.2, 0.25) is 0 Å². The number of amides is 1. The van der Waals surface area contributed by atoms with Crippen molar-refractivity contribution in [3.8, 4) is 11.4 Å². The van der Waals surface area contributed by atoms with Gasteiger partial charge < -0.3 is 15.0 Å². The van der Waals surface area contributed by atoms with Crippen molar-refractivity contribution in [3.05, 3.63) is 64.6 Å². The van der Waals surface area contributed by atoms with Gasteiger partial charge in [-0.1, -0.05) is 43.7 Å². The first-order valence-corrected chi connectivity index (χ1v) is 11.8. The molecular formula is C26H32N4O3. The van der Waals surface area contributed by atoms with E-state index in [4.69, 9.17) is 4.74 Å². The van der Waals surface area contributed by atoms with Gasteiger partial charge in [0.25, 0.3) is 11.5 Å². The molecule has 1 N–H and O–H groups in total. The van der Waals surface area contributed by atoms with Crippen LogP contribution in [0.4, 0.5) is 0 Å². The molecular weight excluding hydrogens is 416 g/mol. The zero-order valence-electron chi connectivity index (χ0n) is 19.4. The highest BCUT2D eigenvalue weighted by atomic mass is 16.5. The second-order valence-corrected chi connectivity index (χ2v) is 8.49. The maximum Gasteiger partial charge on any atom is 0.279 e. The highest BCUT2D eigenvalue weighted by molar-refractivity contribution is 6.04. The van der Waals surface area contributed by atoms with Crippen LogP contribution in [0.3, 0.4) is 0 Å². The van der Waals surface area contributed by atoms with Crippen molar-refractivity contribution < 1.29 is 9.53 Å². The minimum absolute atomic E-state index is 0.237. The number of methoxy groups -OCH3 is 1. The lowest BCUT2D eigenvalue weighted by Crippen LogP contribution is -2.40. The van der Waals surface area contributed by atoms with Crippen LogP contribution in [0.2, 0.25) is 0 Å². The molecule has 0 radical (unpaired) electrons. The van der Waals surface area contributed by atoms with Crippen LogP contribution in [-0.2, 0) is 0 Å². The van der Waals surface area contributed by atoms with Crippen LogP contribution < -0.4 is 15.6 Å². The van der Waals surface area contributed by atoms with Gasteiger partial charge in [-0.3, -0.25) is 9.59 Å². The highest BCUT2D eigenvalue weighted by Crippen LogP contribution is 2.22. The number of aromatic nitrogens is 2. The third kappa shape index (κ3) is 4.93. The summed E-state index contributed by atoms with van der Waals surface area (Å²) in [6.45, 7) is 4.93. The fraction of sp³-hybridized carbons (Fsp3) is 0.423. The standard InChI is InChI=1S/C26H32N4O3/c1-3-19-11-8-9-17-29(19)18-10-16-27-25(31)24-20-12-4-5-13-21(20)26(32)30(28-24)22-14-6-7-15-23(22)33-2/h4-7,12-15,19H,3,8-11,16-18H2,1-2H3,(H,27,31)/t19-/m0/s1. The number of benzene rings is 2. The van der Waals surface area contributed by atoms with Crippen molar-refractivity contribution in [2.75, 3.05) is 26.7 Å². The monoisotopic (exact) mass is 448 g/mol. The zero-order valence-corrected chi connectivity index (χ0v) is 19.4. The van der Waals surface area contributed by atoms with Gasteiger partial charge in [0.05, 0.1) is 12.5 Å². The third-order valence-electron chi connectivity index (χ3n) is 6.46. The maximum absolute atomic E-state index is 13.2. The molecule has 1 fully saturated rings. The van der Waals surface area contributed by atoms with E-state index in [0.717, 1.165) is 19.5 Å². The molecule has 3 aromatic rings. The maximum atomic E-state index is 13.2. The number of carbonyl (C=O) groups is 1. The van der Waals surface area contributed by atoms with Crippen molar-refractivity contribution in [2.24, 2.45) is 0 Å². The van der Waals surface area contributed by atoms with Crippen LogP contribution in [-0.4, -0.2) is 53.4 Å². The number of nitrogens with zero attached hydrogens (tertiary/aromatic N) is 3. The van der Waals surface area contributed by atoms with Crippen LogP contribution in [0.1, 0.15) is 49.5 Å². The molecule has 7 nitrogen and oxygen atoms in total. The summed E-state index contributed by atoms with van der Waals surface area (Å²) in [5.41, 5.74) is 0.448. The Kier molecular flexibility index (Phi) is 7.40. The Balaban J connectivity index is 1.56. The minimum Gasteiger partial charge on any atom is -0.494 e. The lowest BCUT2D eigenvalue weighted by molar-refractivity contribution is 0.0942.